The van der Waals surface area contributed by atoms with Crippen molar-refractivity contribution < 1.29 is 33.8 Å². The highest BCUT2D eigenvalue weighted by Gasteiger charge is 2.36. The normalized spacial score (nSPS) is 15.5. The molecule has 3 N–H and O–H groups in total. The zero-order valence-corrected chi connectivity index (χ0v) is 22.0. The van der Waals surface area contributed by atoms with Crippen LogP contribution < -0.4 is 10.6 Å². The van der Waals surface area contributed by atoms with Crippen molar-refractivity contribution in [3.05, 3.63) is 61.2 Å². The minimum Gasteiger partial charge on any atom is -0.463 e. The fraction of sp³-hybridized carbons (Fsp3) is 0.517. The molecule has 2 atom stereocenters. The lowest BCUT2D eigenvalue weighted by atomic mass is 9.95. The third-order valence-corrected chi connectivity index (χ3v) is 6.55. The number of rotatable bonds is 17. The van der Waals surface area contributed by atoms with Gasteiger partial charge in [0, 0.05) is 12.8 Å². The third-order valence-electron chi connectivity index (χ3n) is 6.55. The Morgan fingerprint density at radius 1 is 1.05 bits per heavy atom. The third kappa shape index (κ3) is 10.5. The summed E-state index contributed by atoms with van der Waals surface area (Å²) in [5.74, 6) is -2.99. The van der Waals surface area contributed by atoms with Gasteiger partial charge in [-0.25, -0.2) is 4.79 Å². The first kappa shape index (κ1) is 30.8. The van der Waals surface area contributed by atoms with Crippen LogP contribution in [0.2, 0.25) is 0 Å². The lowest BCUT2D eigenvalue weighted by Crippen LogP contribution is -2.51. The van der Waals surface area contributed by atoms with Gasteiger partial charge < -0.3 is 25.2 Å². The monoisotopic (exact) mass is 528 g/mol. The van der Waals surface area contributed by atoms with Gasteiger partial charge in [0.2, 0.25) is 11.8 Å². The smallest absolute Gasteiger partial charge is 0.332 e. The van der Waals surface area contributed by atoms with Gasteiger partial charge >= 0.3 is 11.9 Å². The Kier molecular flexibility index (Phi) is 13.3. The van der Waals surface area contributed by atoms with Crippen LogP contribution in [0.25, 0.3) is 0 Å². The molecule has 0 radical (unpaired) electrons. The second-order valence-corrected chi connectivity index (χ2v) is 9.64. The molecular weight excluding hydrogens is 488 g/mol. The lowest BCUT2D eigenvalue weighted by molar-refractivity contribution is -0.155. The predicted octanol–water partition coefficient (Wildman–Crippen LogP) is 3.12. The predicted molar refractivity (Wildman–Crippen MR) is 143 cm³/mol. The molecule has 2 amide bonds. The zero-order chi connectivity index (χ0) is 27.8. The summed E-state index contributed by atoms with van der Waals surface area (Å²) >= 11 is 0. The molecule has 38 heavy (non-hydrogen) atoms. The average Bonchev–Trinajstić information content (AvgIpc) is 3.38. The summed E-state index contributed by atoms with van der Waals surface area (Å²) in [7, 11) is 0. The summed E-state index contributed by atoms with van der Waals surface area (Å²) in [6, 6.07) is 7.80. The van der Waals surface area contributed by atoms with Gasteiger partial charge in [-0.3, -0.25) is 14.4 Å². The van der Waals surface area contributed by atoms with E-state index in [1.54, 1.807) is 18.2 Å². The van der Waals surface area contributed by atoms with E-state index in [0.717, 1.165) is 18.4 Å². The zero-order valence-electron chi connectivity index (χ0n) is 22.0. The fourth-order valence-corrected chi connectivity index (χ4v) is 4.36. The van der Waals surface area contributed by atoms with Gasteiger partial charge in [-0.15, -0.1) is 13.2 Å². The molecule has 2 rings (SSSR count). The van der Waals surface area contributed by atoms with Crippen LogP contribution in [-0.2, 0) is 35.3 Å². The first-order valence-corrected chi connectivity index (χ1v) is 13.1. The van der Waals surface area contributed by atoms with Crippen molar-refractivity contribution in [2.24, 2.45) is 5.92 Å². The number of benzene rings is 1. The minimum atomic E-state index is -1.25. The molecule has 0 heterocycles. The van der Waals surface area contributed by atoms with Crippen molar-refractivity contribution in [2.45, 2.75) is 76.0 Å². The van der Waals surface area contributed by atoms with E-state index in [9.17, 15) is 24.3 Å². The molecule has 0 aromatic heterocycles. The first-order valence-electron chi connectivity index (χ1n) is 13.1. The number of amides is 2. The van der Waals surface area contributed by atoms with E-state index in [1.807, 2.05) is 18.2 Å². The molecule has 0 bridgehead atoms. The number of hydrogen-bond acceptors (Lipinski definition) is 7. The number of allylic oxidation sites excluding steroid dienone is 2. The summed E-state index contributed by atoms with van der Waals surface area (Å²) in [5.41, 5.74) is 0.105. The molecule has 0 saturated heterocycles. The SMILES string of the molecule is C=CCCCC(=O)OC[C@@H](NC(=O)[C@H](CC=C)CC(=O)NC1(CO)CCCC1)C(=O)OCc1ccccc1. The van der Waals surface area contributed by atoms with E-state index in [2.05, 4.69) is 23.8 Å². The summed E-state index contributed by atoms with van der Waals surface area (Å²) in [6.45, 7) is 6.72. The Morgan fingerprint density at radius 2 is 1.76 bits per heavy atom. The summed E-state index contributed by atoms with van der Waals surface area (Å²) < 4.78 is 10.6. The first-order chi connectivity index (χ1) is 18.3. The molecule has 208 valence electrons. The van der Waals surface area contributed by atoms with Crippen molar-refractivity contribution in [1.82, 2.24) is 10.6 Å². The minimum absolute atomic E-state index is 0.0128. The van der Waals surface area contributed by atoms with Gasteiger partial charge in [-0.05, 0) is 37.7 Å². The second-order valence-electron chi connectivity index (χ2n) is 9.64. The Hall–Kier alpha value is -3.46. The van der Waals surface area contributed by atoms with Crippen molar-refractivity contribution in [1.29, 1.82) is 0 Å². The standard InChI is InChI=1S/C29H40N2O7/c1-3-5-7-15-26(34)37-20-24(28(36)38-19-22-13-8-6-9-14-22)30-27(35)23(12-4-2)18-25(33)31-29(21-32)16-10-11-17-29/h3-4,6,8-9,13-14,23-24,32H,1-2,5,7,10-12,15-21H2,(H,30,35)(H,31,33)/t23-,24-/m1/s1. The van der Waals surface area contributed by atoms with Gasteiger partial charge in [-0.2, -0.15) is 0 Å². The Bertz CT molecular complexity index is 942. The maximum atomic E-state index is 13.2. The lowest BCUT2D eigenvalue weighted by Gasteiger charge is -2.29. The number of ether oxygens (including phenoxy) is 2. The molecule has 0 spiro atoms. The summed E-state index contributed by atoms with van der Waals surface area (Å²) in [6.07, 6.45) is 7.82. The molecule has 9 heteroatoms. The number of aliphatic hydroxyl groups excluding tert-OH is 1. The molecule has 1 aliphatic rings. The maximum Gasteiger partial charge on any atom is 0.332 e. The number of nitrogens with one attached hydrogen (secondary N) is 2. The van der Waals surface area contributed by atoms with Gasteiger partial charge in [0.15, 0.2) is 6.04 Å². The van der Waals surface area contributed by atoms with E-state index in [1.165, 1.54) is 6.08 Å². The van der Waals surface area contributed by atoms with Gasteiger partial charge in [-0.1, -0.05) is 55.3 Å². The van der Waals surface area contributed by atoms with Crippen molar-refractivity contribution in [3.8, 4) is 0 Å². The highest BCUT2D eigenvalue weighted by atomic mass is 16.6. The van der Waals surface area contributed by atoms with Gasteiger partial charge in [0.25, 0.3) is 0 Å². The number of hydrogen-bond donors (Lipinski definition) is 3. The second kappa shape index (κ2) is 16.4. The van der Waals surface area contributed by atoms with E-state index in [4.69, 9.17) is 9.47 Å². The molecule has 0 aliphatic heterocycles. The molecule has 1 aromatic rings. The molecule has 0 unspecified atom stereocenters. The van der Waals surface area contributed by atoms with Crippen molar-refractivity contribution in [3.63, 3.8) is 0 Å². The fourth-order valence-electron chi connectivity index (χ4n) is 4.36. The largest absolute Gasteiger partial charge is 0.463 e. The summed E-state index contributed by atoms with van der Waals surface area (Å²) in [4.78, 5) is 50.9. The van der Waals surface area contributed by atoms with E-state index in [0.29, 0.717) is 25.7 Å². The van der Waals surface area contributed by atoms with Crippen molar-refractivity contribution >= 4 is 23.8 Å². The molecule has 1 saturated carbocycles. The van der Waals surface area contributed by atoms with Crippen LogP contribution in [0.3, 0.4) is 0 Å². The molecular formula is C29H40N2O7. The molecule has 1 aromatic carbocycles. The van der Waals surface area contributed by atoms with Gasteiger partial charge in [0.05, 0.1) is 18.1 Å². The van der Waals surface area contributed by atoms with Crippen LogP contribution in [0.15, 0.2) is 55.6 Å². The van der Waals surface area contributed by atoms with Crippen LogP contribution in [0.5, 0.6) is 0 Å². The number of esters is 2. The molecule has 1 aliphatic carbocycles. The average molecular weight is 529 g/mol. The van der Waals surface area contributed by atoms with Crippen LogP contribution in [-0.4, -0.2) is 53.7 Å². The number of aliphatic hydroxyl groups is 1. The summed E-state index contributed by atoms with van der Waals surface area (Å²) in [5, 5.41) is 15.3. The van der Waals surface area contributed by atoms with E-state index < -0.39 is 42.0 Å². The van der Waals surface area contributed by atoms with E-state index in [-0.39, 0.29) is 38.4 Å². The quantitative estimate of drug-likeness (QED) is 0.161. The van der Waals surface area contributed by atoms with Gasteiger partial charge in [0.1, 0.15) is 13.2 Å². The molecule has 9 nitrogen and oxygen atoms in total. The van der Waals surface area contributed by atoms with E-state index >= 15 is 0 Å². The van der Waals surface area contributed by atoms with Crippen LogP contribution in [0.4, 0.5) is 0 Å². The maximum absolute atomic E-state index is 13.2. The molecule has 1 fully saturated rings. The number of unbranched alkanes of at least 4 members (excludes halogenated alkanes) is 1. The Labute approximate surface area is 224 Å². The Balaban J connectivity index is 2.04. The van der Waals surface area contributed by atoms with Crippen LogP contribution in [0, 0.1) is 5.92 Å². The highest BCUT2D eigenvalue weighted by Crippen LogP contribution is 2.29. The topological polar surface area (TPSA) is 131 Å². The van der Waals surface area contributed by atoms with Crippen LogP contribution in [0.1, 0.15) is 63.4 Å². The highest BCUT2D eigenvalue weighted by molar-refractivity contribution is 5.89. The number of carbonyl (C=O) groups is 4. The number of carbonyl (C=O) groups excluding carboxylic acids is 4. The van der Waals surface area contributed by atoms with Crippen LogP contribution >= 0.6 is 0 Å². The van der Waals surface area contributed by atoms with Crippen molar-refractivity contribution in [2.75, 3.05) is 13.2 Å². The Morgan fingerprint density at radius 3 is 2.39 bits per heavy atom.